The summed E-state index contributed by atoms with van der Waals surface area (Å²) in [6.07, 6.45) is 7.27. The molecule has 0 unspecified atom stereocenters. The molecule has 41 heavy (non-hydrogen) atoms. The molecule has 3 aromatic heterocycles. The topological polar surface area (TPSA) is 101 Å². The number of hydrogen-bond donors (Lipinski definition) is 1. The number of aryl methyl sites for hydroxylation is 1. The van der Waals surface area contributed by atoms with Crippen LogP contribution in [-0.4, -0.2) is 68.4 Å². The van der Waals surface area contributed by atoms with Gasteiger partial charge in [0.25, 0.3) is 5.91 Å². The molecule has 2 saturated heterocycles. The molecule has 3 aromatic rings. The molecule has 10 heteroatoms. The van der Waals surface area contributed by atoms with E-state index < -0.39 is 0 Å². The van der Waals surface area contributed by atoms with Gasteiger partial charge in [-0.05, 0) is 68.8 Å². The molecule has 10 nitrogen and oxygen atoms in total. The van der Waals surface area contributed by atoms with Crippen LogP contribution in [-0.2, 0) is 36.7 Å². The predicted molar refractivity (Wildman–Crippen MR) is 156 cm³/mol. The molecule has 1 aliphatic carbocycles. The highest BCUT2D eigenvalue weighted by Crippen LogP contribution is 2.45. The molecule has 1 N–H and O–H groups in total. The molecule has 6 heterocycles. The summed E-state index contributed by atoms with van der Waals surface area (Å²) < 4.78 is 7.72. The summed E-state index contributed by atoms with van der Waals surface area (Å²) in [7, 11) is 1.97. The number of rotatable bonds is 9. The largest absolute Gasteiger partial charge is 0.379 e. The average Bonchev–Trinajstić information content (AvgIpc) is 3.62. The molecule has 1 amide bonds. The van der Waals surface area contributed by atoms with Crippen LogP contribution >= 0.6 is 0 Å². The van der Waals surface area contributed by atoms with Crippen LogP contribution in [0.2, 0.25) is 0 Å². The standard InChI is InChI=1S/C31H40N8O2/c1-4-32-26-10-22(31(17-41-18-31)13-28-36-33-19-37(28)3)11-27(35-26)39-16-25-24(30(39)40)12-23(34-29(25)21-7-8-21)15-38-9-5-6-20(2)14-38/h10-12,19-21H,4-9,13-18H2,1-3H3,(H,32,35)/t20-/m0/s1. The zero-order valence-electron chi connectivity index (χ0n) is 24.4. The molecule has 1 saturated carbocycles. The molecule has 7 rings (SSSR count). The summed E-state index contributed by atoms with van der Waals surface area (Å²) in [5.74, 6) is 3.56. The van der Waals surface area contributed by atoms with Gasteiger partial charge in [-0.15, -0.1) is 10.2 Å². The van der Waals surface area contributed by atoms with Gasteiger partial charge < -0.3 is 14.6 Å². The van der Waals surface area contributed by atoms with Crippen molar-refractivity contribution in [3.63, 3.8) is 0 Å². The van der Waals surface area contributed by atoms with Crippen LogP contribution in [0.15, 0.2) is 24.5 Å². The number of hydrogen-bond acceptors (Lipinski definition) is 8. The second kappa shape index (κ2) is 10.5. The molecular formula is C31H40N8O2. The minimum Gasteiger partial charge on any atom is -0.379 e. The summed E-state index contributed by atoms with van der Waals surface area (Å²) in [6, 6.07) is 6.26. The Morgan fingerprint density at radius 3 is 2.68 bits per heavy atom. The fourth-order valence-corrected chi connectivity index (χ4v) is 6.72. The maximum Gasteiger partial charge on any atom is 0.260 e. The Morgan fingerprint density at radius 1 is 1.15 bits per heavy atom. The number of nitrogens with one attached hydrogen (secondary N) is 1. The van der Waals surface area contributed by atoms with Gasteiger partial charge in [-0.25, -0.2) is 4.98 Å². The van der Waals surface area contributed by atoms with Gasteiger partial charge in [0, 0.05) is 61.3 Å². The zero-order chi connectivity index (χ0) is 28.1. The van der Waals surface area contributed by atoms with Gasteiger partial charge in [-0.2, -0.15) is 0 Å². The van der Waals surface area contributed by atoms with Crippen LogP contribution in [0.5, 0.6) is 0 Å². The zero-order valence-corrected chi connectivity index (χ0v) is 24.4. The number of carbonyl (C=O) groups excluding carboxylic acids is 1. The molecule has 216 valence electrons. The smallest absolute Gasteiger partial charge is 0.260 e. The Balaban J connectivity index is 1.22. The summed E-state index contributed by atoms with van der Waals surface area (Å²) in [4.78, 5) is 28.5. The lowest BCUT2D eigenvalue weighted by Crippen LogP contribution is -2.49. The molecule has 0 spiro atoms. The summed E-state index contributed by atoms with van der Waals surface area (Å²) >= 11 is 0. The van der Waals surface area contributed by atoms with Crippen molar-refractivity contribution in [2.75, 3.05) is 43.1 Å². The lowest BCUT2D eigenvalue weighted by atomic mass is 9.75. The summed E-state index contributed by atoms with van der Waals surface area (Å²) in [6.45, 7) is 9.85. The van der Waals surface area contributed by atoms with Gasteiger partial charge in [-0.3, -0.25) is 19.6 Å². The molecule has 0 bridgehead atoms. The van der Waals surface area contributed by atoms with Crippen LogP contribution in [0.1, 0.15) is 84.1 Å². The van der Waals surface area contributed by atoms with Gasteiger partial charge in [0.2, 0.25) is 0 Å². The van der Waals surface area contributed by atoms with Crippen LogP contribution < -0.4 is 10.2 Å². The molecular weight excluding hydrogens is 516 g/mol. The number of aromatic nitrogens is 5. The van der Waals surface area contributed by atoms with Gasteiger partial charge in [0.15, 0.2) is 0 Å². The third-order valence-corrected chi connectivity index (χ3v) is 9.21. The lowest BCUT2D eigenvalue weighted by molar-refractivity contribution is -0.0611. The van der Waals surface area contributed by atoms with E-state index in [2.05, 4.69) is 52.5 Å². The highest BCUT2D eigenvalue weighted by molar-refractivity contribution is 6.10. The maximum absolute atomic E-state index is 14.1. The first kappa shape index (κ1) is 26.5. The van der Waals surface area contributed by atoms with E-state index in [1.165, 1.54) is 12.8 Å². The Kier molecular flexibility index (Phi) is 6.78. The molecule has 0 aromatic carbocycles. The molecule has 0 radical (unpaired) electrons. The summed E-state index contributed by atoms with van der Waals surface area (Å²) in [5.41, 5.74) is 4.92. The highest BCUT2D eigenvalue weighted by Gasteiger charge is 2.43. The number of nitrogens with zero attached hydrogens (tertiary/aromatic N) is 7. The third kappa shape index (κ3) is 5.01. The van der Waals surface area contributed by atoms with Crippen molar-refractivity contribution in [1.29, 1.82) is 0 Å². The van der Waals surface area contributed by atoms with Gasteiger partial charge in [-0.1, -0.05) is 6.92 Å². The number of ether oxygens (including phenoxy) is 1. The van der Waals surface area contributed by atoms with E-state index in [0.717, 1.165) is 78.7 Å². The molecule has 1 atom stereocenters. The first-order valence-electron chi connectivity index (χ1n) is 15.2. The Hall–Kier alpha value is -3.37. The first-order chi connectivity index (χ1) is 19.9. The van der Waals surface area contributed by atoms with Crippen molar-refractivity contribution in [2.45, 2.75) is 70.4 Å². The predicted octanol–water partition coefficient (Wildman–Crippen LogP) is 3.82. The number of pyridine rings is 2. The second-order valence-electron chi connectivity index (χ2n) is 12.6. The van der Waals surface area contributed by atoms with Crippen molar-refractivity contribution < 1.29 is 9.53 Å². The van der Waals surface area contributed by atoms with E-state index in [9.17, 15) is 4.79 Å². The van der Waals surface area contributed by atoms with Gasteiger partial charge in [0.1, 0.15) is 23.8 Å². The lowest BCUT2D eigenvalue weighted by Gasteiger charge is -2.42. The normalized spacial score (nSPS) is 22.1. The van der Waals surface area contributed by atoms with E-state index in [1.807, 2.05) is 16.5 Å². The number of anilines is 2. The van der Waals surface area contributed by atoms with E-state index >= 15 is 0 Å². The monoisotopic (exact) mass is 556 g/mol. The van der Waals surface area contributed by atoms with Crippen LogP contribution in [0.4, 0.5) is 11.6 Å². The quantitative estimate of drug-likeness (QED) is 0.425. The molecule has 3 aliphatic heterocycles. The van der Waals surface area contributed by atoms with Crippen molar-refractivity contribution in [1.82, 2.24) is 29.6 Å². The number of amides is 1. The van der Waals surface area contributed by atoms with Gasteiger partial charge >= 0.3 is 0 Å². The highest BCUT2D eigenvalue weighted by atomic mass is 16.5. The number of carbonyl (C=O) groups is 1. The van der Waals surface area contributed by atoms with E-state index in [-0.39, 0.29) is 11.3 Å². The Morgan fingerprint density at radius 2 is 2.00 bits per heavy atom. The number of fused-ring (bicyclic) bond motifs is 1. The van der Waals surface area contributed by atoms with Crippen molar-refractivity contribution in [2.24, 2.45) is 13.0 Å². The average molecular weight is 557 g/mol. The fourth-order valence-electron chi connectivity index (χ4n) is 6.72. The van der Waals surface area contributed by atoms with Crippen molar-refractivity contribution >= 4 is 17.5 Å². The minimum atomic E-state index is -0.238. The van der Waals surface area contributed by atoms with Crippen LogP contribution in [0.25, 0.3) is 0 Å². The fraction of sp³-hybridized carbons (Fsp3) is 0.581. The summed E-state index contributed by atoms with van der Waals surface area (Å²) in [5, 5.41) is 11.8. The molecule has 4 aliphatic rings. The van der Waals surface area contributed by atoms with Crippen molar-refractivity contribution in [3.8, 4) is 0 Å². The SMILES string of the molecule is CCNc1cc(C2(Cc3nncn3C)COC2)cc(N2Cc3c(cc(CN4CCC[C@H](C)C4)nc3C3CC3)C2=O)n1. The van der Waals surface area contributed by atoms with Crippen molar-refractivity contribution in [3.05, 3.63) is 58.4 Å². The second-order valence-corrected chi connectivity index (χ2v) is 12.6. The van der Waals surface area contributed by atoms with E-state index in [0.29, 0.717) is 43.8 Å². The van der Waals surface area contributed by atoms with E-state index in [4.69, 9.17) is 14.7 Å². The van der Waals surface area contributed by atoms with E-state index in [1.54, 1.807) is 6.33 Å². The number of piperidine rings is 1. The maximum atomic E-state index is 14.1. The Bertz CT molecular complexity index is 1460. The molecule has 3 fully saturated rings. The Labute approximate surface area is 241 Å². The van der Waals surface area contributed by atoms with Gasteiger partial charge in [0.05, 0.1) is 25.5 Å². The van der Waals surface area contributed by atoms with Crippen LogP contribution in [0.3, 0.4) is 0 Å². The number of likely N-dealkylation sites (tertiary alicyclic amines) is 1. The first-order valence-corrected chi connectivity index (χ1v) is 15.2. The minimum absolute atomic E-state index is 0.0249. The third-order valence-electron chi connectivity index (χ3n) is 9.21. The van der Waals surface area contributed by atoms with Crippen LogP contribution in [0, 0.1) is 5.92 Å².